The first kappa shape index (κ1) is 29.7. The van der Waals surface area contributed by atoms with Crippen LogP contribution in [0.2, 0.25) is 0 Å². The number of hydrogen-bond donors (Lipinski definition) is 0. The Morgan fingerprint density at radius 3 is 1.07 bits per heavy atom. The summed E-state index contributed by atoms with van der Waals surface area (Å²) in [6.45, 7) is 16.9. The van der Waals surface area contributed by atoms with Crippen molar-refractivity contribution in [3.63, 3.8) is 0 Å². The molecule has 30 heavy (non-hydrogen) atoms. The summed E-state index contributed by atoms with van der Waals surface area (Å²) in [6, 6.07) is 0. The van der Waals surface area contributed by atoms with Gasteiger partial charge < -0.3 is 27.5 Å². The highest BCUT2D eigenvalue weighted by Crippen LogP contribution is 2.14. The molecular weight excluding hydrogens is 400 g/mol. The van der Waals surface area contributed by atoms with Crippen LogP contribution in [0.1, 0.15) is 78.6 Å². The van der Waals surface area contributed by atoms with Gasteiger partial charge in [0.05, 0.1) is 0 Å². The normalized spacial score (nSPS) is 11.8. The summed E-state index contributed by atoms with van der Waals surface area (Å²) in [5.74, 6) is 0. The molecule has 7 heteroatoms. The van der Waals surface area contributed by atoms with Gasteiger partial charge in [-0.15, -0.1) is 0 Å². The molecule has 0 aromatic rings. The molecule has 0 rings (SSSR count). The topological polar surface area (TPSA) is 55.4 Å². The summed E-state index contributed by atoms with van der Waals surface area (Å²) in [5, 5.41) is 0. The quantitative estimate of drug-likeness (QED) is 0.139. The molecule has 0 heterocycles. The Morgan fingerprint density at radius 2 is 0.800 bits per heavy atom. The molecule has 0 atom stereocenters. The maximum Gasteiger partial charge on any atom is 0.529 e. The smallest absolute Gasteiger partial charge is 0.381 e. The number of hydrogen-bond acceptors (Lipinski definition) is 6. The standard InChI is InChI=1S/C23H48O6Si/c1-5-15-24-18-9-12-21-27-30(8-4,28-22-13-10-19-25-16-6-2)29-23-14-11-20-26-17-7-3/h8H,4-7,9-23H2,1-3H3. The van der Waals surface area contributed by atoms with Crippen LogP contribution in [0, 0.1) is 0 Å². The monoisotopic (exact) mass is 448 g/mol. The van der Waals surface area contributed by atoms with Crippen LogP contribution in [0.25, 0.3) is 0 Å². The summed E-state index contributed by atoms with van der Waals surface area (Å²) >= 11 is 0. The first-order valence-corrected chi connectivity index (χ1v) is 13.8. The van der Waals surface area contributed by atoms with Crippen molar-refractivity contribution < 1.29 is 27.5 Å². The summed E-state index contributed by atoms with van der Waals surface area (Å²) in [7, 11) is -2.85. The third-order valence-corrected chi connectivity index (χ3v) is 6.57. The first-order chi connectivity index (χ1) is 14.7. The summed E-state index contributed by atoms with van der Waals surface area (Å²) in [6.07, 6.45) is 8.87. The fourth-order valence-electron chi connectivity index (χ4n) is 2.60. The van der Waals surface area contributed by atoms with Crippen LogP contribution in [0.4, 0.5) is 0 Å². The molecule has 0 saturated heterocycles. The van der Waals surface area contributed by atoms with Crippen LogP contribution in [-0.4, -0.2) is 68.3 Å². The van der Waals surface area contributed by atoms with E-state index in [-0.39, 0.29) is 0 Å². The Balaban J connectivity index is 4.25. The molecule has 0 fully saturated rings. The van der Waals surface area contributed by atoms with Crippen LogP contribution in [-0.2, 0) is 27.5 Å². The van der Waals surface area contributed by atoms with E-state index in [9.17, 15) is 0 Å². The van der Waals surface area contributed by atoms with Gasteiger partial charge >= 0.3 is 8.80 Å². The van der Waals surface area contributed by atoms with Crippen molar-refractivity contribution in [2.75, 3.05) is 59.5 Å². The Labute approximate surface area is 187 Å². The molecule has 0 radical (unpaired) electrons. The molecule has 0 aliphatic carbocycles. The molecular formula is C23H48O6Si. The average Bonchev–Trinajstić information content (AvgIpc) is 2.76. The number of unbranched alkanes of at least 4 members (excludes halogenated alkanes) is 3. The second-order valence-corrected chi connectivity index (χ2v) is 9.79. The lowest BCUT2D eigenvalue weighted by molar-refractivity contribution is 0.0580. The van der Waals surface area contributed by atoms with Crippen molar-refractivity contribution >= 4 is 8.80 Å². The highest BCUT2D eigenvalue weighted by atomic mass is 28.4. The summed E-state index contributed by atoms with van der Waals surface area (Å²) < 4.78 is 35.0. The average molecular weight is 449 g/mol. The van der Waals surface area contributed by atoms with Crippen molar-refractivity contribution in [1.29, 1.82) is 0 Å². The first-order valence-electron chi connectivity index (χ1n) is 12.0. The van der Waals surface area contributed by atoms with E-state index in [1.807, 2.05) is 0 Å². The lowest BCUT2D eigenvalue weighted by Gasteiger charge is -2.27. The van der Waals surface area contributed by atoms with Gasteiger partial charge in [-0.25, -0.2) is 0 Å². The molecule has 0 unspecified atom stereocenters. The largest absolute Gasteiger partial charge is 0.529 e. The lowest BCUT2D eigenvalue weighted by Crippen LogP contribution is -2.45. The zero-order valence-electron chi connectivity index (χ0n) is 20.0. The van der Waals surface area contributed by atoms with Crippen LogP contribution in [0.3, 0.4) is 0 Å². The van der Waals surface area contributed by atoms with Crippen molar-refractivity contribution in [2.45, 2.75) is 78.6 Å². The van der Waals surface area contributed by atoms with Gasteiger partial charge in [0.1, 0.15) is 0 Å². The van der Waals surface area contributed by atoms with E-state index in [1.54, 1.807) is 5.70 Å². The van der Waals surface area contributed by atoms with E-state index in [2.05, 4.69) is 27.4 Å². The third-order valence-electron chi connectivity index (χ3n) is 4.25. The zero-order chi connectivity index (χ0) is 22.2. The molecule has 0 amide bonds. The van der Waals surface area contributed by atoms with Gasteiger partial charge in [0.2, 0.25) is 0 Å². The van der Waals surface area contributed by atoms with Gasteiger partial charge in [0.15, 0.2) is 0 Å². The maximum absolute atomic E-state index is 6.13. The minimum absolute atomic E-state index is 0.604. The Morgan fingerprint density at radius 1 is 0.500 bits per heavy atom. The van der Waals surface area contributed by atoms with Crippen molar-refractivity contribution in [2.24, 2.45) is 0 Å². The molecule has 0 N–H and O–H groups in total. The second-order valence-electron chi connectivity index (χ2n) is 7.31. The minimum atomic E-state index is -2.85. The molecule has 0 aromatic carbocycles. The van der Waals surface area contributed by atoms with Crippen LogP contribution in [0.15, 0.2) is 12.3 Å². The van der Waals surface area contributed by atoms with Crippen molar-refractivity contribution in [3.8, 4) is 0 Å². The molecule has 0 bridgehead atoms. The molecule has 6 nitrogen and oxygen atoms in total. The lowest BCUT2D eigenvalue weighted by atomic mass is 10.3. The van der Waals surface area contributed by atoms with Gasteiger partial charge in [0.25, 0.3) is 0 Å². The van der Waals surface area contributed by atoms with E-state index in [1.165, 1.54) is 0 Å². The Hall–Kier alpha value is -0.283. The minimum Gasteiger partial charge on any atom is -0.381 e. The zero-order valence-corrected chi connectivity index (χ0v) is 21.0. The molecule has 0 aliphatic heterocycles. The van der Waals surface area contributed by atoms with Gasteiger partial charge in [-0.1, -0.05) is 27.4 Å². The fraction of sp³-hybridized carbons (Fsp3) is 0.913. The van der Waals surface area contributed by atoms with Crippen molar-refractivity contribution in [1.82, 2.24) is 0 Å². The predicted molar refractivity (Wildman–Crippen MR) is 125 cm³/mol. The van der Waals surface area contributed by atoms with Crippen LogP contribution < -0.4 is 0 Å². The van der Waals surface area contributed by atoms with Gasteiger partial charge in [-0.3, -0.25) is 0 Å². The Kier molecular flexibility index (Phi) is 23.2. The van der Waals surface area contributed by atoms with E-state index >= 15 is 0 Å². The number of ether oxygens (including phenoxy) is 3. The molecule has 0 aliphatic rings. The molecule has 0 aromatic heterocycles. The Bertz CT molecular complexity index is 311. The molecule has 0 spiro atoms. The molecule has 180 valence electrons. The van der Waals surface area contributed by atoms with Crippen molar-refractivity contribution in [3.05, 3.63) is 12.3 Å². The number of rotatable bonds is 25. The fourth-order valence-corrected chi connectivity index (χ4v) is 4.49. The van der Waals surface area contributed by atoms with Crippen LogP contribution in [0.5, 0.6) is 0 Å². The maximum atomic E-state index is 6.13. The van der Waals surface area contributed by atoms with E-state index in [4.69, 9.17) is 27.5 Å². The van der Waals surface area contributed by atoms with E-state index in [0.29, 0.717) is 19.8 Å². The summed E-state index contributed by atoms with van der Waals surface area (Å²) in [5.41, 5.74) is 1.77. The molecule has 0 saturated carbocycles. The predicted octanol–water partition coefficient (Wildman–Crippen LogP) is 5.32. The van der Waals surface area contributed by atoms with E-state index < -0.39 is 8.80 Å². The third kappa shape index (κ3) is 18.5. The highest BCUT2D eigenvalue weighted by molar-refractivity contribution is 6.66. The second kappa shape index (κ2) is 23.4. The SMILES string of the molecule is C=C[Si](OCCCCOCCC)(OCCCCOCCC)OCCCCOCCC. The van der Waals surface area contributed by atoms with Gasteiger partial charge in [0, 0.05) is 59.5 Å². The van der Waals surface area contributed by atoms with Gasteiger partial charge in [-0.2, -0.15) is 0 Å². The summed E-state index contributed by atoms with van der Waals surface area (Å²) in [4.78, 5) is 0. The van der Waals surface area contributed by atoms with E-state index in [0.717, 1.165) is 97.4 Å². The van der Waals surface area contributed by atoms with Gasteiger partial charge in [-0.05, 0) is 63.5 Å². The highest BCUT2D eigenvalue weighted by Gasteiger charge is 2.37. The van der Waals surface area contributed by atoms with Crippen LogP contribution >= 0.6 is 0 Å².